The van der Waals surface area contributed by atoms with Gasteiger partial charge in [0.15, 0.2) is 0 Å². The first-order chi connectivity index (χ1) is 9.88. The summed E-state index contributed by atoms with van der Waals surface area (Å²) in [6.45, 7) is 1.06. The summed E-state index contributed by atoms with van der Waals surface area (Å²) in [6, 6.07) is 13.7. The van der Waals surface area contributed by atoms with Gasteiger partial charge in [-0.15, -0.1) is 0 Å². The van der Waals surface area contributed by atoms with Crippen LogP contribution in [0.15, 0.2) is 54.6 Å². The summed E-state index contributed by atoms with van der Waals surface area (Å²) in [5.41, 5.74) is 1.56. The van der Waals surface area contributed by atoms with E-state index in [4.69, 9.17) is 0 Å². The molecule has 2 aromatic rings. The van der Waals surface area contributed by atoms with Gasteiger partial charge in [-0.2, -0.15) is 13.2 Å². The molecule has 0 bridgehead atoms. The van der Waals surface area contributed by atoms with Gasteiger partial charge in [0.1, 0.15) is 12.1 Å². The van der Waals surface area contributed by atoms with Crippen LogP contribution in [0.25, 0.3) is 0 Å². The van der Waals surface area contributed by atoms with E-state index >= 15 is 0 Å². The molecule has 0 aromatic heterocycles. The lowest BCUT2D eigenvalue weighted by Crippen LogP contribution is -2.33. The molecule has 0 saturated carbocycles. The van der Waals surface area contributed by atoms with Crippen LogP contribution in [-0.2, 0) is 0 Å². The van der Waals surface area contributed by atoms with Gasteiger partial charge < -0.3 is 10.4 Å². The maximum absolute atomic E-state index is 12.5. The van der Waals surface area contributed by atoms with E-state index in [1.807, 2.05) is 6.07 Å². The topological polar surface area (TPSA) is 32.3 Å². The highest BCUT2D eigenvalue weighted by Crippen LogP contribution is 2.27. The van der Waals surface area contributed by atoms with Gasteiger partial charge in [0, 0.05) is 5.69 Å². The van der Waals surface area contributed by atoms with Gasteiger partial charge in [-0.1, -0.05) is 42.5 Å². The average molecular weight is 295 g/mol. The summed E-state index contributed by atoms with van der Waals surface area (Å²) < 4.78 is 37.6. The maximum atomic E-state index is 12.5. The van der Waals surface area contributed by atoms with E-state index in [0.717, 1.165) is 6.92 Å². The minimum absolute atomic E-state index is 0.326. The monoisotopic (exact) mass is 295 g/mol. The Morgan fingerprint density at radius 3 is 2.19 bits per heavy atom. The lowest BCUT2D eigenvalue weighted by Gasteiger charge is -2.19. The Hall–Kier alpha value is -2.01. The smallest absolute Gasteiger partial charge is 0.384 e. The van der Waals surface area contributed by atoms with Gasteiger partial charge in [0.05, 0.1) is 0 Å². The molecule has 0 aliphatic heterocycles. The predicted molar refractivity (Wildman–Crippen MR) is 76.1 cm³/mol. The van der Waals surface area contributed by atoms with Crippen molar-refractivity contribution in [2.75, 3.05) is 5.32 Å². The van der Waals surface area contributed by atoms with Crippen molar-refractivity contribution in [3.8, 4) is 0 Å². The van der Waals surface area contributed by atoms with E-state index in [0.29, 0.717) is 16.8 Å². The maximum Gasteiger partial charge on any atom is 0.408 e. The molecule has 0 radical (unpaired) electrons. The van der Waals surface area contributed by atoms with Crippen LogP contribution < -0.4 is 5.32 Å². The van der Waals surface area contributed by atoms with Gasteiger partial charge >= 0.3 is 6.18 Å². The second kappa shape index (κ2) is 6.18. The normalized spacial score (nSPS) is 14.5. The van der Waals surface area contributed by atoms with Gasteiger partial charge in [0.25, 0.3) is 0 Å². The van der Waals surface area contributed by atoms with Crippen molar-refractivity contribution in [2.45, 2.75) is 25.2 Å². The van der Waals surface area contributed by atoms with Crippen LogP contribution in [0, 0.1) is 0 Å². The average Bonchev–Trinajstić information content (AvgIpc) is 2.46. The summed E-state index contributed by atoms with van der Waals surface area (Å²) in [5.74, 6) is 0. The van der Waals surface area contributed by atoms with Gasteiger partial charge in [0.2, 0.25) is 0 Å². The van der Waals surface area contributed by atoms with E-state index < -0.39 is 18.3 Å². The van der Waals surface area contributed by atoms with Crippen LogP contribution in [0.3, 0.4) is 0 Å². The summed E-state index contributed by atoms with van der Waals surface area (Å²) in [5, 5.41) is 12.7. The Balaban J connectivity index is 2.18. The molecule has 0 saturated heterocycles. The predicted octanol–water partition coefficient (Wildman–Crippen LogP) is 4.13. The molecule has 2 N–H and O–H groups in total. The fourth-order valence-corrected chi connectivity index (χ4v) is 1.96. The zero-order valence-electron chi connectivity index (χ0n) is 11.4. The summed E-state index contributed by atoms with van der Waals surface area (Å²) in [7, 11) is 0. The number of hydrogen-bond acceptors (Lipinski definition) is 2. The van der Waals surface area contributed by atoms with Crippen molar-refractivity contribution in [2.24, 2.45) is 0 Å². The molecule has 2 atom stereocenters. The van der Waals surface area contributed by atoms with E-state index in [9.17, 15) is 18.3 Å². The second-order valence-electron chi connectivity index (χ2n) is 4.85. The van der Waals surface area contributed by atoms with Crippen LogP contribution in [0.1, 0.15) is 24.2 Å². The van der Waals surface area contributed by atoms with Gasteiger partial charge in [-0.25, -0.2) is 0 Å². The molecule has 2 aromatic carbocycles. The van der Waals surface area contributed by atoms with E-state index in [1.165, 1.54) is 6.07 Å². The first-order valence-electron chi connectivity index (χ1n) is 6.54. The minimum atomic E-state index is -4.31. The molecular weight excluding hydrogens is 279 g/mol. The lowest BCUT2D eigenvalue weighted by atomic mass is 10.0. The first-order valence-corrected chi connectivity index (χ1v) is 6.54. The standard InChI is InChI=1S/C16H16F3NO/c1-11(16(17,18)19)20-14-9-5-8-13(10-14)15(21)12-6-3-2-4-7-12/h2-11,15,20-21H,1H3. The number of rotatable bonds is 4. The van der Waals surface area contributed by atoms with Gasteiger partial charge in [-0.05, 0) is 30.2 Å². The molecule has 0 aliphatic rings. The third-order valence-corrected chi connectivity index (χ3v) is 3.19. The van der Waals surface area contributed by atoms with Crippen molar-refractivity contribution in [1.29, 1.82) is 0 Å². The molecule has 112 valence electrons. The zero-order chi connectivity index (χ0) is 15.5. The van der Waals surface area contributed by atoms with Crippen molar-refractivity contribution < 1.29 is 18.3 Å². The lowest BCUT2D eigenvalue weighted by molar-refractivity contribution is -0.138. The van der Waals surface area contributed by atoms with Crippen molar-refractivity contribution >= 4 is 5.69 Å². The number of nitrogens with one attached hydrogen (secondary N) is 1. The van der Waals surface area contributed by atoms with E-state index in [-0.39, 0.29) is 0 Å². The summed E-state index contributed by atoms with van der Waals surface area (Å²) in [6.07, 6.45) is -5.18. The zero-order valence-corrected chi connectivity index (χ0v) is 11.4. The highest BCUT2D eigenvalue weighted by atomic mass is 19.4. The Kier molecular flexibility index (Phi) is 4.53. The molecule has 0 aliphatic carbocycles. The number of anilines is 1. The van der Waals surface area contributed by atoms with Crippen LogP contribution >= 0.6 is 0 Å². The molecule has 2 nitrogen and oxygen atoms in total. The van der Waals surface area contributed by atoms with Crippen LogP contribution in [0.4, 0.5) is 18.9 Å². The molecule has 21 heavy (non-hydrogen) atoms. The number of aliphatic hydroxyl groups excluding tert-OH is 1. The minimum Gasteiger partial charge on any atom is -0.384 e. The number of halogens is 3. The molecule has 0 amide bonds. The van der Waals surface area contributed by atoms with Gasteiger partial charge in [-0.3, -0.25) is 0 Å². The van der Waals surface area contributed by atoms with E-state index in [1.54, 1.807) is 42.5 Å². The quantitative estimate of drug-likeness (QED) is 0.889. The molecule has 0 spiro atoms. The molecule has 2 rings (SSSR count). The van der Waals surface area contributed by atoms with Crippen LogP contribution in [-0.4, -0.2) is 17.3 Å². The fraction of sp³-hybridized carbons (Fsp3) is 0.250. The Labute approximate surface area is 121 Å². The van der Waals surface area contributed by atoms with Crippen molar-refractivity contribution in [1.82, 2.24) is 0 Å². The number of alkyl halides is 3. The Morgan fingerprint density at radius 2 is 1.57 bits per heavy atom. The third kappa shape index (κ3) is 3.98. The fourth-order valence-electron chi connectivity index (χ4n) is 1.96. The molecule has 0 fully saturated rings. The third-order valence-electron chi connectivity index (χ3n) is 3.19. The molecule has 5 heteroatoms. The summed E-state index contributed by atoms with van der Waals surface area (Å²) >= 11 is 0. The molecular formula is C16H16F3NO. The number of aliphatic hydroxyl groups is 1. The van der Waals surface area contributed by atoms with Crippen molar-refractivity contribution in [3.63, 3.8) is 0 Å². The SMILES string of the molecule is CC(Nc1cccc(C(O)c2ccccc2)c1)C(F)(F)F. The van der Waals surface area contributed by atoms with Crippen LogP contribution in [0.2, 0.25) is 0 Å². The Bertz CT molecular complexity index is 584. The van der Waals surface area contributed by atoms with E-state index in [2.05, 4.69) is 5.32 Å². The summed E-state index contributed by atoms with van der Waals surface area (Å²) in [4.78, 5) is 0. The first kappa shape index (κ1) is 15.4. The molecule has 2 unspecified atom stereocenters. The van der Waals surface area contributed by atoms with Crippen molar-refractivity contribution in [3.05, 3.63) is 65.7 Å². The number of hydrogen-bond donors (Lipinski definition) is 2. The highest BCUT2D eigenvalue weighted by Gasteiger charge is 2.35. The largest absolute Gasteiger partial charge is 0.408 e. The van der Waals surface area contributed by atoms with Crippen LogP contribution in [0.5, 0.6) is 0 Å². The number of benzene rings is 2. The highest BCUT2D eigenvalue weighted by molar-refractivity contribution is 5.48. The Morgan fingerprint density at radius 1 is 0.952 bits per heavy atom. The second-order valence-corrected chi connectivity index (χ2v) is 4.85. The molecule has 0 heterocycles.